The van der Waals surface area contributed by atoms with Gasteiger partial charge in [0.25, 0.3) is 5.91 Å². The van der Waals surface area contributed by atoms with Gasteiger partial charge in [-0.05, 0) is 23.3 Å². The van der Waals surface area contributed by atoms with Crippen molar-refractivity contribution >= 4 is 40.2 Å². The molecule has 0 aliphatic heterocycles. The molecule has 1 aromatic heterocycles. The fourth-order valence-corrected chi connectivity index (χ4v) is 2.94. The van der Waals surface area contributed by atoms with E-state index in [4.69, 9.17) is 34.3 Å². The summed E-state index contributed by atoms with van der Waals surface area (Å²) in [5.74, 6) is -0.891. The van der Waals surface area contributed by atoms with Gasteiger partial charge in [0, 0.05) is 17.0 Å². The largest absolute Gasteiger partial charge is 0.772 e. The molecule has 0 saturated heterocycles. The van der Waals surface area contributed by atoms with Crippen LogP contribution in [-0.4, -0.2) is 19.2 Å². The smallest absolute Gasteiger partial charge is 0.252 e. The predicted molar refractivity (Wildman–Crippen MR) is 87.0 cm³/mol. The number of aromatic nitrogens is 1. The average molecular weight is 373 g/mol. The monoisotopic (exact) mass is 372 g/mol. The van der Waals surface area contributed by atoms with Gasteiger partial charge in [-0.15, -0.1) is 0 Å². The molecule has 9 heteroatoms. The first-order valence-electron chi connectivity index (χ1n) is 6.35. The predicted octanol–water partition coefficient (Wildman–Crippen LogP) is 1.80. The SMILES string of the molecule is N=c1c(C(N)=O)cc(Cl)cn1Cc1cc(CS(=O)[O-])ccc1Cl. The number of hydrogen-bond acceptors (Lipinski definition) is 4. The molecule has 0 aliphatic rings. The van der Waals surface area contributed by atoms with Crippen LogP contribution in [0.25, 0.3) is 0 Å². The van der Waals surface area contributed by atoms with E-state index in [1.54, 1.807) is 18.2 Å². The number of nitrogens with two attached hydrogens (primary N) is 1. The van der Waals surface area contributed by atoms with Gasteiger partial charge in [0.15, 0.2) is 0 Å². The topological polar surface area (TPSA) is 112 Å². The van der Waals surface area contributed by atoms with Crippen molar-refractivity contribution < 1.29 is 13.6 Å². The average Bonchev–Trinajstić information content (AvgIpc) is 2.45. The minimum atomic E-state index is -2.22. The maximum absolute atomic E-state index is 11.4. The van der Waals surface area contributed by atoms with Crippen molar-refractivity contribution in [3.05, 3.63) is 62.7 Å². The maximum Gasteiger partial charge on any atom is 0.252 e. The van der Waals surface area contributed by atoms with E-state index < -0.39 is 17.0 Å². The Balaban J connectivity index is 2.45. The highest BCUT2D eigenvalue weighted by Crippen LogP contribution is 2.20. The molecule has 1 atom stereocenters. The van der Waals surface area contributed by atoms with Gasteiger partial charge in [-0.3, -0.25) is 14.4 Å². The second-order valence-electron chi connectivity index (χ2n) is 4.79. The second-order valence-corrected chi connectivity index (χ2v) is 6.53. The number of carbonyl (C=O) groups is 1. The number of carbonyl (C=O) groups excluding carboxylic acids is 1. The quantitative estimate of drug-likeness (QED) is 0.780. The van der Waals surface area contributed by atoms with Gasteiger partial charge in [0.2, 0.25) is 0 Å². The Hall–Kier alpha value is -1.67. The van der Waals surface area contributed by atoms with Crippen molar-refractivity contribution in [3.8, 4) is 0 Å². The number of halogens is 2. The Kier molecular flexibility index (Phi) is 5.59. The molecule has 0 fully saturated rings. The van der Waals surface area contributed by atoms with E-state index in [2.05, 4.69) is 0 Å². The Morgan fingerprint density at radius 1 is 1.35 bits per heavy atom. The van der Waals surface area contributed by atoms with E-state index in [9.17, 15) is 13.6 Å². The molecule has 122 valence electrons. The summed E-state index contributed by atoms with van der Waals surface area (Å²) >= 11 is 9.85. The zero-order chi connectivity index (χ0) is 17.1. The lowest BCUT2D eigenvalue weighted by molar-refractivity contribution is 0.0997. The van der Waals surface area contributed by atoms with Gasteiger partial charge < -0.3 is 14.9 Å². The Morgan fingerprint density at radius 2 is 2.04 bits per heavy atom. The van der Waals surface area contributed by atoms with E-state index in [1.165, 1.54) is 16.8 Å². The van der Waals surface area contributed by atoms with Crippen LogP contribution in [0, 0.1) is 5.41 Å². The van der Waals surface area contributed by atoms with Crippen LogP contribution in [0.2, 0.25) is 10.0 Å². The summed E-state index contributed by atoms with van der Waals surface area (Å²) in [5, 5.41) is 8.69. The molecule has 1 unspecified atom stereocenters. The first kappa shape index (κ1) is 17.7. The summed E-state index contributed by atoms with van der Waals surface area (Å²) in [7, 11) is 0. The van der Waals surface area contributed by atoms with Crippen LogP contribution >= 0.6 is 23.2 Å². The van der Waals surface area contributed by atoms with Gasteiger partial charge >= 0.3 is 0 Å². The van der Waals surface area contributed by atoms with Crippen molar-refractivity contribution in [1.29, 1.82) is 5.41 Å². The molecule has 23 heavy (non-hydrogen) atoms. The minimum Gasteiger partial charge on any atom is -0.772 e. The van der Waals surface area contributed by atoms with Gasteiger partial charge in [0.05, 0.1) is 17.1 Å². The van der Waals surface area contributed by atoms with Gasteiger partial charge in [0.1, 0.15) is 5.49 Å². The van der Waals surface area contributed by atoms with Crippen LogP contribution in [0.4, 0.5) is 0 Å². The zero-order valence-electron chi connectivity index (χ0n) is 11.7. The first-order chi connectivity index (χ1) is 10.8. The maximum atomic E-state index is 11.4. The van der Waals surface area contributed by atoms with E-state index >= 15 is 0 Å². The van der Waals surface area contributed by atoms with Crippen LogP contribution in [0.1, 0.15) is 21.5 Å². The van der Waals surface area contributed by atoms with E-state index in [-0.39, 0.29) is 28.4 Å². The summed E-state index contributed by atoms with van der Waals surface area (Å²) in [4.78, 5) is 11.4. The Bertz CT molecular complexity index is 852. The summed E-state index contributed by atoms with van der Waals surface area (Å²) in [6.45, 7) is 0.151. The summed E-state index contributed by atoms with van der Waals surface area (Å²) in [6, 6.07) is 6.15. The van der Waals surface area contributed by atoms with Crippen molar-refractivity contribution in [1.82, 2.24) is 4.57 Å². The van der Waals surface area contributed by atoms with Crippen LogP contribution in [0.3, 0.4) is 0 Å². The molecule has 0 saturated carbocycles. The summed E-state index contributed by atoms with van der Waals surface area (Å²) in [6.07, 6.45) is 1.48. The molecule has 0 aliphatic carbocycles. The highest BCUT2D eigenvalue weighted by Gasteiger charge is 2.10. The third-order valence-electron chi connectivity index (χ3n) is 3.10. The lowest BCUT2D eigenvalue weighted by Gasteiger charge is -2.13. The van der Waals surface area contributed by atoms with Crippen LogP contribution < -0.4 is 11.2 Å². The molecule has 2 aromatic rings. The van der Waals surface area contributed by atoms with Crippen molar-refractivity contribution in [2.75, 3.05) is 0 Å². The van der Waals surface area contributed by atoms with Crippen molar-refractivity contribution in [3.63, 3.8) is 0 Å². The van der Waals surface area contributed by atoms with Crippen LogP contribution in [-0.2, 0) is 23.4 Å². The first-order valence-corrected chi connectivity index (χ1v) is 8.35. The molecule has 0 bridgehead atoms. The molecule has 3 N–H and O–H groups in total. The van der Waals surface area contributed by atoms with E-state index in [0.717, 1.165) is 0 Å². The lowest BCUT2D eigenvalue weighted by Crippen LogP contribution is -2.29. The number of pyridine rings is 1. The second kappa shape index (κ2) is 7.27. The molecule has 6 nitrogen and oxygen atoms in total. The van der Waals surface area contributed by atoms with Crippen molar-refractivity contribution in [2.24, 2.45) is 5.73 Å². The van der Waals surface area contributed by atoms with Gasteiger partial charge in [-0.25, -0.2) is 0 Å². The Labute approximate surface area is 144 Å². The summed E-state index contributed by atoms with van der Waals surface area (Å²) < 4.78 is 23.0. The molecule has 2 rings (SSSR count). The molecule has 0 radical (unpaired) electrons. The minimum absolute atomic E-state index is 0.00885. The highest BCUT2D eigenvalue weighted by molar-refractivity contribution is 7.78. The van der Waals surface area contributed by atoms with Gasteiger partial charge in [-0.2, -0.15) is 0 Å². The number of benzene rings is 1. The fourth-order valence-electron chi connectivity index (χ4n) is 2.08. The molecular weight excluding hydrogens is 361 g/mol. The van der Waals surface area contributed by atoms with E-state index in [0.29, 0.717) is 16.1 Å². The number of primary amides is 1. The summed E-state index contributed by atoms with van der Waals surface area (Å²) in [5.41, 5.74) is 6.29. The molecule has 1 aromatic carbocycles. The number of rotatable bonds is 5. The normalized spacial score (nSPS) is 12.1. The Morgan fingerprint density at radius 3 is 2.65 bits per heavy atom. The van der Waals surface area contributed by atoms with Gasteiger partial charge in [-0.1, -0.05) is 46.4 Å². The van der Waals surface area contributed by atoms with Crippen molar-refractivity contribution in [2.45, 2.75) is 12.3 Å². The molecule has 1 amide bonds. The standard InChI is InChI=1S/C14H13Cl2N3O3S/c15-10-4-11(14(18)20)13(17)19(6-10)5-9-3-8(7-23(21)22)1-2-12(9)16/h1-4,6,17H,5,7H2,(H2,18,20)(H,21,22)/p-1. The number of hydrogen-bond donors (Lipinski definition) is 2. The van der Waals surface area contributed by atoms with E-state index in [1.807, 2.05) is 0 Å². The van der Waals surface area contributed by atoms with Crippen LogP contribution in [0.5, 0.6) is 0 Å². The third-order valence-corrected chi connectivity index (χ3v) is 4.25. The zero-order valence-corrected chi connectivity index (χ0v) is 14.0. The molecule has 0 spiro atoms. The molecular formula is C14H12Cl2N3O3S-. The lowest BCUT2D eigenvalue weighted by atomic mass is 10.1. The highest BCUT2D eigenvalue weighted by atomic mass is 35.5. The molecule has 1 heterocycles. The number of nitrogens with one attached hydrogen (secondary N) is 1. The van der Waals surface area contributed by atoms with Crippen LogP contribution in [0.15, 0.2) is 30.5 Å². The number of nitrogens with zero attached hydrogens (tertiary/aromatic N) is 1. The fraction of sp³-hybridized carbons (Fsp3) is 0.143. The third kappa shape index (κ3) is 4.42. The number of amides is 1.